The first-order valence-electron chi connectivity index (χ1n) is 16.5. The first kappa shape index (κ1) is 39.5. The number of likely N-dealkylation sites (tertiary alicyclic amines) is 1. The zero-order chi connectivity index (χ0) is 38.4. The standard InChI is InChI=1S/C35H39F7N4O5S/c1-21-17-24(29(47)45-12-8-32(49,20-36)9-13-45)18-22(2)25(21)7-16-52(50)46-14-10-33(11-15-46)30(48)43-28(44-33)23-5-6-26(34(37,38)39)27(19-23)51-31(3,4)35(40,41)42/h5-7,16-19,49H,8-15,20H2,1-4H3,(H,43,44,48)/b16-7+. The molecular weight excluding hydrogens is 721 g/mol. The van der Waals surface area contributed by atoms with Gasteiger partial charge in [-0.25, -0.2) is 4.39 Å². The lowest BCUT2D eigenvalue weighted by atomic mass is 9.89. The van der Waals surface area contributed by atoms with E-state index in [4.69, 9.17) is 4.74 Å². The Hall–Kier alpha value is -3.67. The molecule has 3 aliphatic rings. The van der Waals surface area contributed by atoms with Crippen LogP contribution in [0.5, 0.6) is 5.75 Å². The Morgan fingerprint density at radius 3 is 2.15 bits per heavy atom. The van der Waals surface area contributed by atoms with Crippen LogP contribution in [0.4, 0.5) is 30.7 Å². The minimum absolute atomic E-state index is 0.0708. The van der Waals surface area contributed by atoms with Gasteiger partial charge < -0.3 is 24.6 Å². The number of amidine groups is 1. The molecule has 0 bridgehead atoms. The van der Waals surface area contributed by atoms with E-state index in [1.807, 2.05) is 13.8 Å². The molecule has 2 fully saturated rings. The highest BCUT2D eigenvalue weighted by atomic mass is 32.2. The number of aliphatic hydroxyl groups is 1. The Morgan fingerprint density at radius 1 is 1.02 bits per heavy atom. The number of hydrogen-bond acceptors (Lipinski definition) is 7. The van der Waals surface area contributed by atoms with Crippen LogP contribution < -0.4 is 10.1 Å². The van der Waals surface area contributed by atoms with Crippen molar-refractivity contribution >= 4 is 35.1 Å². The SMILES string of the molecule is Cc1cc(C(=O)N2CCC(O)(CF)CC2)cc(C)c1/C=C/[S+]([O-])N1CCC2(CC1)N=C(c1ccc(C(F)(F)F)c(OC(C)(C)C(F)(F)F)c1)NC2=O. The maximum atomic E-state index is 13.7. The van der Waals surface area contributed by atoms with Crippen molar-refractivity contribution in [2.75, 3.05) is 32.9 Å². The van der Waals surface area contributed by atoms with E-state index in [9.17, 15) is 50.0 Å². The summed E-state index contributed by atoms with van der Waals surface area (Å²) in [5.74, 6) is -1.95. The highest BCUT2D eigenvalue weighted by molar-refractivity contribution is 7.92. The average molecular weight is 761 g/mol. The summed E-state index contributed by atoms with van der Waals surface area (Å²) in [6.07, 6.45) is -7.79. The van der Waals surface area contributed by atoms with E-state index < -0.39 is 64.4 Å². The Balaban J connectivity index is 1.26. The fourth-order valence-corrected chi connectivity index (χ4v) is 7.33. The van der Waals surface area contributed by atoms with Gasteiger partial charge in [0.05, 0.1) is 22.5 Å². The van der Waals surface area contributed by atoms with Gasteiger partial charge >= 0.3 is 12.4 Å². The Morgan fingerprint density at radius 2 is 1.62 bits per heavy atom. The molecule has 3 aliphatic heterocycles. The number of benzene rings is 2. The first-order valence-corrected chi connectivity index (χ1v) is 17.7. The predicted molar refractivity (Wildman–Crippen MR) is 180 cm³/mol. The fourth-order valence-electron chi connectivity index (χ4n) is 6.36. The molecule has 9 nitrogen and oxygen atoms in total. The Labute approximate surface area is 299 Å². The molecule has 52 heavy (non-hydrogen) atoms. The van der Waals surface area contributed by atoms with Crippen molar-refractivity contribution in [2.24, 2.45) is 4.99 Å². The fraction of sp³-hybridized carbons (Fsp3) is 0.514. The summed E-state index contributed by atoms with van der Waals surface area (Å²) < 4.78 is 114. The van der Waals surface area contributed by atoms with E-state index in [1.165, 1.54) is 5.41 Å². The molecule has 0 aliphatic carbocycles. The number of aliphatic imine (C=N–C) groups is 1. The molecule has 5 rings (SSSR count). The molecule has 0 saturated carbocycles. The Kier molecular flexibility index (Phi) is 10.9. The van der Waals surface area contributed by atoms with Gasteiger partial charge in [0.15, 0.2) is 5.60 Å². The molecule has 3 heterocycles. The van der Waals surface area contributed by atoms with Crippen molar-refractivity contribution in [3.8, 4) is 5.75 Å². The predicted octanol–water partition coefficient (Wildman–Crippen LogP) is 6.02. The summed E-state index contributed by atoms with van der Waals surface area (Å²) in [7, 11) is 0. The van der Waals surface area contributed by atoms with E-state index >= 15 is 0 Å². The minimum Gasteiger partial charge on any atom is -0.593 e. The largest absolute Gasteiger partial charge is 0.593 e. The second-order valence-electron chi connectivity index (χ2n) is 13.9. The number of carbonyl (C=O) groups is 2. The molecule has 17 heteroatoms. The molecule has 1 atom stereocenters. The number of nitrogens with one attached hydrogen (secondary N) is 1. The second-order valence-corrected chi connectivity index (χ2v) is 15.3. The third-order valence-electron chi connectivity index (χ3n) is 9.81. The smallest absolute Gasteiger partial charge is 0.427 e. The molecule has 2 aromatic rings. The second kappa shape index (κ2) is 14.3. The molecule has 0 radical (unpaired) electrons. The quantitative estimate of drug-likeness (QED) is 0.251. The van der Waals surface area contributed by atoms with Gasteiger partial charge in [0.1, 0.15) is 29.2 Å². The first-order chi connectivity index (χ1) is 24.1. The van der Waals surface area contributed by atoms with Gasteiger partial charge in [0.25, 0.3) is 11.8 Å². The molecule has 2 aromatic carbocycles. The lowest BCUT2D eigenvalue weighted by molar-refractivity contribution is -0.236. The van der Waals surface area contributed by atoms with Crippen LogP contribution in [-0.2, 0) is 22.3 Å². The van der Waals surface area contributed by atoms with Gasteiger partial charge in [-0.3, -0.25) is 14.6 Å². The van der Waals surface area contributed by atoms with Crippen LogP contribution in [0.15, 0.2) is 40.7 Å². The number of aryl methyl sites for hydroxylation is 2. The number of carbonyl (C=O) groups excluding carboxylic acids is 2. The van der Waals surface area contributed by atoms with Gasteiger partial charge in [-0.1, -0.05) is 6.07 Å². The number of halogens is 7. The van der Waals surface area contributed by atoms with Crippen molar-refractivity contribution in [3.63, 3.8) is 0 Å². The summed E-state index contributed by atoms with van der Waals surface area (Å²) in [6, 6.07) is 5.79. The normalized spacial score (nSPS) is 20.3. The monoisotopic (exact) mass is 760 g/mol. The molecule has 284 valence electrons. The zero-order valence-corrected chi connectivity index (χ0v) is 29.7. The molecular formula is C35H39F7N4O5S. The van der Waals surface area contributed by atoms with E-state index in [-0.39, 0.29) is 69.2 Å². The summed E-state index contributed by atoms with van der Waals surface area (Å²) in [6.45, 7) is 4.78. The van der Waals surface area contributed by atoms with Crippen LogP contribution >= 0.6 is 0 Å². The summed E-state index contributed by atoms with van der Waals surface area (Å²) in [5.41, 5.74) is -4.44. The van der Waals surface area contributed by atoms with Gasteiger partial charge in [-0.2, -0.15) is 26.3 Å². The van der Waals surface area contributed by atoms with Crippen molar-refractivity contribution < 1.29 is 54.7 Å². The highest BCUT2D eigenvalue weighted by Crippen LogP contribution is 2.42. The molecule has 2 N–H and O–H groups in total. The number of rotatable bonds is 8. The van der Waals surface area contributed by atoms with Crippen LogP contribution in [0.3, 0.4) is 0 Å². The molecule has 2 amide bonds. The van der Waals surface area contributed by atoms with E-state index in [2.05, 4.69) is 10.3 Å². The molecule has 0 aromatic heterocycles. The van der Waals surface area contributed by atoms with Gasteiger partial charge in [0.2, 0.25) is 0 Å². The Bertz CT molecular complexity index is 1740. The molecule has 2 saturated heterocycles. The van der Waals surface area contributed by atoms with E-state index in [0.29, 0.717) is 25.5 Å². The van der Waals surface area contributed by atoms with Gasteiger partial charge in [-0.15, -0.1) is 4.31 Å². The number of piperidine rings is 2. The van der Waals surface area contributed by atoms with E-state index in [1.54, 1.807) is 27.4 Å². The topological polar surface area (TPSA) is 118 Å². The van der Waals surface area contributed by atoms with Crippen LogP contribution in [-0.4, -0.2) is 92.3 Å². The van der Waals surface area contributed by atoms with E-state index in [0.717, 1.165) is 28.8 Å². The average Bonchev–Trinajstić information content (AvgIpc) is 3.38. The number of amides is 2. The highest BCUT2D eigenvalue weighted by Gasteiger charge is 2.51. The summed E-state index contributed by atoms with van der Waals surface area (Å²) >= 11 is -1.63. The van der Waals surface area contributed by atoms with Crippen LogP contribution in [0, 0.1) is 13.8 Å². The number of nitrogens with zero attached hydrogens (tertiary/aromatic N) is 3. The zero-order valence-electron chi connectivity index (χ0n) is 28.9. The third kappa shape index (κ3) is 8.11. The number of hydrogen-bond donors (Lipinski definition) is 2. The van der Waals surface area contributed by atoms with Crippen molar-refractivity contribution in [1.29, 1.82) is 0 Å². The third-order valence-corrected chi connectivity index (χ3v) is 11.1. The van der Waals surface area contributed by atoms with Gasteiger partial charge in [0, 0.05) is 37.3 Å². The number of ether oxygens (including phenoxy) is 1. The van der Waals surface area contributed by atoms with Gasteiger partial charge in [-0.05, 0) is 100 Å². The summed E-state index contributed by atoms with van der Waals surface area (Å²) in [4.78, 5) is 32.3. The molecule has 1 unspecified atom stereocenters. The summed E-state index contributed by atoms with van der Waals surface area (Å²) in [5, 5.41) is 14.2. The maximum absolute atomic E-state index is 13.7. The van der Waals surface area contributed by atoms with Crippen LogP contribution in [0.25, 0.3) is 6.08 Å². The minimum atomic E-state index is -5.02. The maximum Gasteiger partial charge on any atom is 0.427 e. The van der Waals surface area contributed by atoms with Crippen LogP contribution in [0.1, 0.15) is 77.7 Å². The number of alkyl halides is 7. The lowest BCUT2D eigenvalue weighted by Gasteiger charge is -2.36. The van der Waals surface area contributed by atoms with Crippen molar-refractivity contribution in [2.45, 2.75) is 82.5 Å². The van der Waals surface area contributed by atoms with Crippen LogP contribution in [0.2, 0.25) is 0 Å². The molecule has 1 spiro atoms. The van der Waals surface area contributed by atoms with Crippen molar-refractivity contribution in [1.82, 2.24) is 14.5 Å². The van der Waals surface area contributed by atoms with Crippen molar-refractivity contribution in [3.05, 3.63) is 69.1 Å². The lowest BCUT2D eigenvalue weighted by Crippen LogP contribution is -2.50.